The highest BCUT2D eigenvalue weighted by Crippen LogP contribution is 2.40. The lowest BCUT2D eigenvalue weighted by atomic mass is 10.3. The summed E-state index contributed by atoms with van der Waals surface area (Å²) in [6.07, 6.45) is 1.07. The Morgan fingerprint density at radius 3 is 2.47 bits per heavy atom. The van der Waals surface area contributed by atoms with E-state index in [1.54, 1.807) is 18.2 Å². The first-order valence-electron chi connectivity index (χ1n) is 4.17. The number of alkyl halides is 3. The quantitative estimate of drug-likeness (QED) is 0.370. The Hall–Kier alpha value is -1.07. The molecule has 0 bridgehead atoms. The maximum Gasteiger partial charge on any atom is 0.369 e. The molecular formula is C9H5Cl2FN2O2S. The van der Waals surface area contributed by atoms with Crippen molar-refractivity contribution in [2.45, 2.75) is 3.92 Å². The van der Waals surface area contributed by atoms with Crippen LogP contribution < -0.4 is 4.31 Å². The fourth-order valence-corrected chi connectivity index (χ4v) is 1.92. The van der Waals surface area contributed by atoms with Gasteiger partial charge in [0.1, 0.15) is 0 Å². The number of hydrogen-bond acceptors (Lipinski definition) is 3. The first-order valence-corrected chi connectivity index (χ1v) is 5.70. The molecule has 1 rings (SSSR count). The second kappa shape index (κ2) is 6.02. The lowest BCUT2D eigenvalue weighted by Gasteiger charge is -2.20. The molecule has 0 fully saturated rings. The van der Waals surface area contributed by atoms with E-state index >= 15 is 0 Å². The molecule has 0 aromatic heterocycles. The van der Waals surface area contributed by atoms with Crippen LogP contribution in [0.3, 0.4) is 0 Å². The van der Waals surface area contributed by atoms with Crippen molar-refractivity contribution in [3.8, 4) is 0 Å². The van der Waals surface area contributed by atoms with Crippen LogP contribution in [0.4, 0.5) is 14.9 Å². The maximum atomic E-state index is 13.1. The number of carbonyl (C=O) groups is 1. The smallest absolute Gasteiger partial charge is 0.244 e. The van der Waals surface area contributed by atoms with Crippen LogP contribution in [-0.4, -0.2) is 16.0 Å². The van der Waals surface area contributed by atoms with Gasteiger partial charge in [-0.25, -0.2) is 13.9 Å². The number of carbonyl (C=O) groups excluding carboxylic acids is 2. The summed E-state index contributed by atoms with van der Waals surface area (Å²) in [6.45, 7) is 0. The number of urea groups is 1. The second-order valence-corrected chi connectivity index (χ2v) is 5.45. The number of aliphatic imine (C=N–C) groups is 1. The zero-order valence-corrected chi connectivity index (χ0v) is 10.5. The number of anilines is 1. The fraction of sp³-hybridized carbons (Fsp3) is 0.111. The van der Waals surface area contributed by atoms with E-state index in [0.717, 1.165) is 10.4 Å². The van der Waals surface area contributed by atoms with Crippen LogP contribution in [0.15, 0.2) is 35.3 Å². The van der Waals surface area contributed by atoms with Gasteiger partial charge in [0.2, 0.25) is 6.08 Å². The molecule has 90 valence electrons. The minimum absolute atomic E-state index is 0.178. The van der Waals surface area contributed by atoms with Gasteiger partial charge in [-0.15, -0.1) is 4.99 Å². The molecule has 0 heterocycles. The summed E-state index contributed by atoms with van der Waals surface area (Å²) >= 11 is 10.5. The van der Waals surface area contributed by atoms with Crippen molar-refractivity contribution in [3.05, 3.63) is 30.3 Å². The van der Waals surface area contributed by atoms with E-state index in [-0.39, 0.29) is 17.6 Å². The van der Waals surface area contributed by atoms with Gasteiger partial charge in [-0.1, -0.05) is 41.4 Å². The topological polar surface area (TPSA) is 49.7 Å². The Morgan fingerprint density at radius 2 is 2.00 bits per heavy atom. The Balaban J connectivity index is 3.03. The second-order valence-electron chi connectivity index (χ2n) is 2.65. The molecule has 0 spiro atoms. The minimum Gasteiger partial charge on any atom is -0.244 e. The van der Waals surface area contributed by atoms with Gasteiger partial charge in [0.05, 0.1) is 5.69 Å². The van der Waals surface area contributed by atoms with E-state index in [0.29, 0.717) is 0 Å². The highest BCUT2D eigenvalue weighted by atomic mass is 35.5. The number of halogens is 3. The van der Waals surface area contributed by atoms with Crippen LogP contribution in [0.1, 0.15) is 0 Å². The van der Waals surface area contributed by atoms with E-state index < -0.39 is 9.95 Å². The summed E-state index contributed by atoms with van der Waals surface area (Å²) in [4.78, 5) is 24.3. The molecule has 0 radical (unpaired) electrons. The normalized spacial score (nSPS) is 10.5. The summed E-state index contributed by atoms with van der Waals surface area (Å²) in [5, 5.41) is 0. The third kappa shape index (κ3) is 4.75. The van der Waals surface area contributed by atoms with Crippen LogP contribution in [0.25, 0.3) is 0 Å². The van der Waals surface area contributed by atoms with Crippen molar-refractivity contribution >= 4 is 52.9 Å². The lowest BCUT2D eigenvalue weighted by molar-refractivity contribution is 0.257. The van der Waals surface area contributed by atoms with Gasteiger partial charge in [0.15, 0.2) is 0 Å². The molecule has 0 atom stereocenters. The number of amides is 2. The average Bonchev–Trinajstić information content (AvgIpc) is 2.26. The summed E-state index contributed by atoms with van der Waals surface area (Å²) in [5.74, 6) is 0. The molecule has 1 aromatic carbocycles. The predicted octanol–water partition coefficient (Wildman–Crippen LogP) is 3.66. The third-order valence-electron chi connectivity index (χ3n) is 1.50. The van der Waals surface area contributed by atoms with Crippen molar-refractivity contribution < 1.29 is 14.0 Å². The van der Waals surface area contributed by atoms with Crippen LogP contribution in [0.5, 0.6) is 0 Å². The van der Waals surface area contributed by atoms with E-state index in [9.17, 15) is 14.0 Å². The van der Waals surface area contributed by atoms with Crippen molar-refractivity contribution in [1.82, 2.24) is 0 Å². The predicted molar refractivity (Wildman–Crippen MR) is 65.6 cm³/mol. The van der Waals surface area contributed by atoms with Crippen LogP contribution in [0.2, 0.25) is 0 Å². The number of nitrogens with zero attached hydrogens (tertiary/aromatic N) is 2. The van der Waals surface area contributed by atoms with Gasteiger partial charge in [0.25, 0.3) is 0 Å². The van der Waals surface area contributed by atoms with E-state index in [1.165, 1.54) is 12.1 Å². The van der Waals surface area contributed by atoms with Gasteiger partial charge in [-0.05, 0) is 12.1 Å². The molecule has 0 N–H and O–H groups in total. The number of para-hydroxylation sites is 1. The highest BCUT2D eigenvalue weighted by Gasteiger charge is 2.31. The van der Waals surface area contributed by atoms with Crippen LogP contribution in [-0.2, 0) is 4.79 Å². The van der Waals surface area contributed by atoms with Crippen molar-refractivity contribution in [2.75, 3.05) is 4.31 Å². The van der Waals surface area contributed by atoms with Gasteiger partial charge >= 0.3 is 9.95 Å². The fourth-order valence-electron chi connectivity index (χ4n) is 0.954. The summed E-state index contributed by atoms with van der Waals surface area (Å²) < 4.78 is 11.1. The molecule has 0 unspecified atom stereocenters. The summed E-state index contributed by atoms with van der Waals surface area (Å²) in [6, 6.07) is 6.91. The molecule has 4 nitrogen and oxygen atoms in total. The number of isocyanates is 1. The molecule has 8 heteroatoms. The SMILES string of the molecule is O=C=NC(=O)N(SC(F)(Cl)Cl)c1ccccc1. The van der Waals surface area contributed by atoms with E-state index in [1.807, 2.05) is 0 Å². The van der Waals surface area contributed by atoms with E-state index in [4.69, 9.17) is 23.2 Å². The zero-order valence-electron chi connectivity index (χ0n) is 8.14. The Kier molecular flexibility index (Phi) is 4.96. The largest absolute Gasteiger partial charge is 0.369 e. The molecule has 0 aliphatic heterocycles. The molecule has 17 heavy (non-hydrogen) atoms. The lowest BCUT2D eigenvalue weighted by Crippen LogP contribution is -2.24. The van der Waals surface area contributed by atoms with Crippen molar-refractivity contribution in [3.63, 3.8) is 0 Å². The van der Waals surface area contributed by atoms with Gasteiger partial charge in [-0.2, -0.15) is 4.39 Å². The standard InChI is InChI=1S/C9H5Cl2FN2O2S/c10-9(11,12)17-14(8(16)13-6-15)7-4-2-1-3-5-7/h1-5H. The average molecular weight is 295 g/mol. The van der Waals surface area contributed by atoms with Gasteiger partial charge in [0, 0.05) is 11.9 Å². The highest BCUT2D eigenvalue weighted by molar-refractivity contribution is 8.04. The minimum atomic E-state index is -2.72. The molecule has 0 saturated heterocycles. The monoisotopic (exact) mass is 294 g/mol. The van der Waals surface area contributed by atoms with Crippen molar-refractivity contribution in [1.29, 1.82) is 0 Å². The molecule has 1 aromatic rings. The number of benzene rings is 1. The number of rotatable bonds is 3. The van der Waals surface area contributed by atoms with Crippen LogP contribution in [0, 0.1) is 0 Å². The Labute approximate surface area is 111 Å². The summed E-state index contributed by atoms with van der Waals surface area (Å²) in [7, 11) is 0. The maximum absolute atomic E-state index is 13.1. The van der Waals surface area contributed by atoms with Gasteiger partial charge < -0.3 is 0 Å². The third-order valence-corrected chi connectivity index (χ3v) is 2.67. The zero-order chi connectivity index (χ0) is 12.9. The molecular weight excluding hydrogens is 290 g/mol. The molecule has 0 saturated carbocycles. The molecule has 0 aliphatic carbocycles. The van der Waals surface area contributed by atoms with Crippen molar-refractivity contribution in [2.24, 2.45) is 4.99 Å². The summed E-state index contributed by atoms with van der Waals surface area (Å²) in [5.41, 5.74) is 0.282. The Morgan fingerprint density at radius 1 is 1.41 bits per heavy atom. The number of hydrogen-bond donors (Lipinski definition) is 0. The van der Waals surface area contributed by atoms with Gasteiger partial charge in [-0.3, -0.25) is 0 Å². The molecule has 0 aliphatic rings. The van der Waals surface area contributed by atoms with Crippen LogP contribution >= 0.6 is 35.1 Å². The first-order chi connectivity index (χ1) is 7.94. The molecule has 2 amide bonds. The Bertz CT molecular complexity index is 446. The first kappa shape index (κ1) is 14.0. The van der Waals surface area contributed by atoms with E-state index in [2.05, 4.69) is 4.99 Å².